The highest BCUT2D eigenvalue weighted by Gasteiger charge is 2.57. The zero-order valence-corrected chi connectivity index (χ0v) is 28.0. The van der Waals surface area contributed by atoms with E-state index >= 15 is 0 Å². The van der Waals surface area contributed by atoms with Crippen molar-refractivity contribution in [3.63, 3.8) is 0 Å². The van der Waals surface area contributed by atoms with Crippen molar-refractivity contribution in [3.8, 4) is 19.7 Å². The lowest BCUT2D eigenvalue weighted by Gasteiger charge is -2.56. The molecule has 2 saturated carbocycles. The number of hydrogen-bond donors (Lipinski definition) is 1. The van der Waals surface area contributed by atoms with Crippen molar-refractivity contribution in [1.29, 1.82) is 0 Å². The summed E-state index contributed by atoms with van der Waals surface area (Å²) in [6, 6.07) is 21.7. The zero-order chi connectivity index (χ0) is 27.4. The van der Waals surface area contributed by atoms with E-state index < -0.39 is 13.9 Å². The predicted molar refractivity (Wildman–Crippen MR) is 178 cm³/mol. The van der Waals surface area contributed by atoms with Crippen molar-refractivity contribution in [3.05, 3.63) is 72.8 Å². The molecule has 5 heteroatoms. The Hall–Kier alpha value is -1.10. The molecule has 0 amide bonds. The molecule has 0 aliphatic heterocycles. The Morgan fingerprint density at radius 3 is 2.08 bits per heavy atom. The van der Waals surface area contributed by atoms with Crippen LogP contribution in [-0.2, 0) is 4.43 Å². The standard InChI is InChI=1S/C33H38I2O2Si/c1-26-32(36,22-24-35)20-12-21-33(26)27(19-23-34)13-11-14-28(33)25-37-38(31(2,3)4,29-15-7-5-8-16-29)30-17-9-6-10-18-30/h5-10,15-18,27-28,36H,1,11-14,20-21,25H2,2-4H3/t27-,28+,32+,33-/m0/s1. The molecule has 2 fully saturated rings. The molecule has 4 atom stereocenters. The topological polar surface area (TPSA) is 29.5 Å². The van der Waals surface area contributed by atoms with E-state index in [1.165, 1.54) is 10.4 Å². The third kappa shape index (κ3) is 5.31. The summed E-state index contributed by atoms with van der Waals surface area (Å²) in [4.78, 5) is 0. The maximum Gasteiger partial charge on any atom is 0.261 e. The second-order valence-corrected chi connectivity index (χ2v) is 17.2. The van der Waals surface area contributed by atoms with E-state index in [1.54, 1.807) is 0 Å². The molecule has 2 aliphatic carbocycles. The zero-order valence-electron chi connectivity index (χ0n) is 22.7. The number of benzene rings is 2. The Morgan fingerprint density at radius 2 is 1.55 bits per heavy atom. The normalized spacial score (nSPS) is 27.7. The molecular formula is C33H38I2O2Si. The molecule has 1 spiro atoms. The van der Waals surface area contributed by atoms with E-state index in [1.807, 2.05) is 22.6 Å². The lowest BCUT2D eigenvalue weighted by molar-refractivity contribution is -0.0224. The maximum absolute atomic E-state index is 11.7. The molecular weight excluding hydrogens is 710 g/mol. The first kappa shape index (κ1) is 29.9. The minimum absolute atomic E-state index is 0.0874. The summed E-state index contributed by atoms with van der Waals surface area (Å²) in [7, 11) is -2.69. The van der Waals surface area contributed by atoms with Crippen LogP contribution >= 0.6 is 45.2 Å². The van der Waals surface area contributed by atoms with Gasteiger partial charge in [-0.05, 0) is 66.9 Å². The van der Waals surface area contributed by atoms with Crippen molar-refractivity contribution in [1.82, 2.24) is 0 Å². The lowest BCUT2D eigenvalue weighted by Crippen LogP contribution is -2.67. The Morgan fingerprint density at radius 1 is 0.947 bits per heavy atom. The van der Waals surface area contributed by atoms with E-state index in [0.717, 1.165) is 37.7 Å². The monoisotopic (exact) mass is 748 g/mol. The van der Waals surface area contributed by atoms with Crippen LogP contribution in [0.1, 0.15) is 59.3 Å². The molecule has 0 radical (unpaired) electrons. The minimum atomic E-state index is -2.69. The lowest BCUT2D eigenvalue weighted by atomic mass is 9.50. The first-order valence-corrected chi connectivity index (χ1v) is 17.6. The highest BCUT2D eigenvalue weighted by Crippen LogP contribution is 2.59. The fourth-order valence-corrected chi connectivity index (χ4v) is 12.7. The SMILES string of the molecule is C=C1[C@]2(CCC[C@@]1(O)C#CI)[C@@H](CO[Si](c1ccccc1)(c1ccccc1)C(C)(C)C)CCC[C@H]2C#CI. The van der Waals surface area contributed by atoms with Gasteiger partial charge in [-0.2, -0.15) is 0 Å². The van der Waals surface area contributed by atoms with Crippen LogP contribution < -0.4 is 10.4 Å². The Bertz CT molecular complexity index is 1210. The van der Waals surface area contributed by atoms with Gasteiger partial charge in [-0.3, -0.25) is 0 Å². The quantitative estimate of drug-likeness (QED) is 0.152. The molecule has 0 heterocycles. The van der Waals surface area contributed by atoms with E-state index in [2.05, 4.69) is 130 Å². The van der Waals surface area contributed by atoms with E-state index in [-0.39, 0.29) is 22.3 Å². The van der Waals surface area contributed by atoms with E-state index in [4.69, 9.17) is 4.43 Å². The molecule has 2 nitrogen and oxygen atoms in total. The molecule has 2 aromatic rings. The predicted octanol–water partition coefficient (Wildman–Crippen LogP) is 7.23. The van der Waals surface area contributed by atoms with Crippen LogP contribution in [-0.4, -0.2) is 25.6 Å². The molecule has 0 aromatic heterocycles. The molecule has 0 bridgehead atoms. The van der Waals surface area contributed by atoms with Crippen molar-refractivity contribution in [2.75, 3.05) is 6.61 Å². The Labute approximate surface area is 257 Å². The summed E-state index contributed by atoms with van der Waals surface area (Å²) in [6.07, 6.45) is 5.70. The fraction of sp³-hybridized carbons (Fsp3) is 0.455. The van der Waals surface area contributed by atoms with Gasteiger partial charge in [0, 0.05) is 63.1 Å². The van der Waals surface area contributed by atoms with Crippen LogP contribution in [0.15, 0.2) is 72.8 Å². The van der Waals surface area contributed by atoms with Gasteiger partial charge in [-0.25, -0.2) is 0 Å². The number of rotatable bonds is 5. The van der Waals surface area contributed by atoms with Gasteiger partial charge in [-0.1, -0.05) is 106 Å². The van der Waals surface area contributed by atoms with Crippen molar-refractivity contribution < 1.29 is 9.53 Å². The highest BCUT2D eigenvalue weighted by atomic mass is 127. The minimum Gasteiger partial charge on any atom is -0.407 e. The van der Waals surface area contributed by atoms with Gasteiger partial charge in [0.1, 0.15) is 5.60 Å². The molecule has 2 aromatic carbocycles. The van der Waals surface area contributed by atoms with Gasteiger partial charge in [0.2, 0.25) is 0 Å². The second kappa shape index (κ2) is 12.2. The summed E-state index contributed by atoms with van der Waals surface area (Å²) >= 11 is 4.20. The van der Waals surface area contributed by atoms with Crippen molar-refractivity contribution in [2.24, 2.45) is 17.3 Å². The summed E-state index contributed by atoms with van der Waals surface area (Å²) in [5, 5.41) is 14.2. The molecule has 1 N–H and O–H groups in total. The highest BCUT2D eigenvalue weighted by molar-refractivity contribution is 14.1. The first-order chi connectivity index (χ1) is 18.2. The summed E-state index contributed by atoms with van der Waals surface area (Å²) in [6.45, 7) is 12.2. The number of hydrogen-bond acceptors (Lipinski definition) is 2. The Kier molecular flexibility index (Phi) is 9.58. The largest absolute Gasteiger partial charge is 0.407 e. The van der Waals surface area contributed by atoms with Gasteiger partial charge < -0.3 is 9.53 Å². The van der Waals surface area contributed by atoms with Crippen molar-refractivity contribution in [2.45, 2.75) is 69.9 Å². The average Bonchev–Trinajstić information content (AvgIpc) is 2.90. The average molecular weight is 749 g/mol. The van der Waals surface area contributed by atoms with E-state index in [9.17, 15) is 5.11 Å². The Balaban J connectivity index is 1.83. The van der Waals surface area contributed by atoms with Gasteiger partial charge in [0.05, 0.1) is 0 Å². The molecule has 0 saturated heterocycles. The van der Waals surface area contributed by atoms with Gasteiger partial charge >= 0.3 is 0 Å². The number of aliphatic hydroxyl groups is 1. The smallest absolute Gasteiger partial charge is 0.261 e. The molecule has 2 aliphatic rings. The third-order valence-corrected chi connectivity index (χ3v) is 14.6. The second-order valence-electron chi connectivity index (χ2n) is 11.8. The van der Waals surface area contributed by atoms with Gasteiger partial charge in [0.15, 0.2) is 0 Å². The van der Waals surface area contributed by atoms with Gasteiger partial charge in [-0.15, -0.1) is 0 Å². The summed E-state index contributed by atoms with van der Waals surface area (Å²) in [5.74, 6) is 7.04. The maximum atomic E-state index is 11.7. The first-order valence-electron chi connectivity index (χ1n) is 13.6. The van der Waals surface area contributed by atoms with Crippen LogP contribution in [0.3, 0.4) is 0 Å². The summed E-state index contributed by atoms with van der Waals surface area (Å²) in [5.41, 5.74) is -0.618. The molecule has 38 heavy (non-hydrogen) atoms. The third-order valence-electron chi connectivity index (χ3n) is 8.99. The van der Waals surface area contributed by atoms with Crippen LogP contribution in [0.25, 0.3) is 0 Å². The number of halogens is 2. The van der Waals surface area contributed by atoms with Crippen molar-refractivity contribution >= 4 is 63.9 Å². The van der Waals surface area contributed by atoms with Crippen LogP contribution in [0, 0.1) is 36.9 Å². The summed E-state index contributed by atoms with van der Waals surface area (Å²) < 4.78 is 13.6. The van der Waals surface area contributed by atoms with Gasteiger partial charge in [0.25, 0.3) is 8.32 Å². The van der Waals surface area contributed by atoms with Crippen LogP contribution in [0.4, 0.5) is 0 Å². The van der Waals surface area contributed by atoms with Crippen LogP contribution in [0.2, 0.25) is 5.04 Å². The molecule has 4 rings (SSSR count). The van der Waals surface area contributed by atoms with Crippen LogP contribution in [0.5, 0.6) is 0 Å². The fourth-order valence-electron chi connectivity index (χ4n) is 7.23. The molecule has 0 unspecified atom stereocenters. The van der Waals surface area contributed by atoms with E-state index in [0.29, 0.717) is 13.0 Å². The molecule has 200 valence electrons.